The van der Waals surface area contributed by atoms with E-state index >= 15 is 0 Å². The van der Waals surface area contributed by atoms with Gasteiger partial charge >= 0.3 is 0 Å². The first-order chi connectivity index (χ1) is 8.71. The molecular formula is C13H16N4O. The van der Waals surface area contributed by atoms with E-state index in [1.807, 2.05) is 12.3 Å². The summed E-state index contributed by atoms with van der Waals surface area (Å²) in [6.45, 7) is 2.10. The van der Waals surface area contributed by atoms with Gasteiger partial charge in [0.1, 0.15) is 0 Å². The molecule has 0 saturated heterocycles. The highest BCUT2D eigenvalue weighted by atomic mass is 16.5. The van der Waals surface area contributed by atoms with Crippen LogP contribution in [0.4, 0.5) is 5.95 Å². The number of anilines is 1. The molecule has 0 radical (unpaired) electrons. The molecule has 2 aromatic heterocycles. The number of nitrogens with zero attached hydrogens (tertiary/aromatic N) is 3. The van der Waals surface area contributed by atoms with Crippen molar-refractivity contribution < 1.29 is 4.74 Å². The van der Waals surface area contributed by atoms with Gasteiger partial charge in [0.25, 0.3) is 0 Å². The minimum Gasteiger partial charge on any atom is -0.481 e. The van der Waals surface area contributed by atoms with E-state index in [0.717, 1.165) is 17.8 Å². The number of hydrogen-bond acceptors (Lipinski definition) is 5. The Morgan fingerprint density at radius 1 is 1.22 bits per heavy atom. The van der Waals surface area contributed by atoms with Crippen LogP contribution in [0, 0.1) is 0 Å². The maximum absolute atomic E-state index is 5.61. The van der Waals surface area contributed by atoms with Crippen LogP contribution in [0.2, 0.25) is 0 Å². The van der Waals surface area contributed by atoms with E-state index in [0.29, 0.717) is 12.3 Å². The van der Waals surface area contributed by atoms with Gasteiger partial charge in [0.05, 0.1) is 12.8 Å². The largest absolute Gasteiger partial charge is 0.481 e. The second-order valence-corrected chi connectivity index (χ2v) is 3.95. The molecule has 0 atom stereocenters. The maximum Gasteiger partial charge on any atom is 0.223 e. The van der Waals surface area contributed by atoms with Gasteiger partial charge in [-0.05, 0) is 18.1 Å². The van der Waals surface area contributed by atoms with Crippen LogP contribution < -0.4 is 10.5 Å². The normalized spacial score (nSPS) is 10.3. The van der Waals surface area contributed by atoms with E-state index in [4.69, 9.17) is 10.5 Å². The summed E-state index contributed by atoms with van der Waals surface area (Å²) in [6.07, 6.45) is 3.49. The Balaban J connectivity index is 2.19. The van der Waals surface area contributed by atoms with Gasteiger partial charge in [0.2, 0.25) is 11.8 Å². The summed E-state index contributed by atoms with van der Waals surface area (Å²) in [5, 5.41) is 0. The van der Waals surface area contributed by atoms with E-state index in [2.05, 4.69) is 27.9 Å². The fraction of sp³-hybridized carbons (Fsp3) is 0.308. The van der Waals surface area contributed by atoms with Gasteiger partial charge in [0.15, 0.2) is 0 Å². The van der Waals surface area contributed by atoms with E-state index in [1.165, 1.54) is 5.56 Å². The van der Waals surface area contributed by atoms with Crippen molar-refractivity contribution in [1.29, 1.82) is 0 Å². The van der Waals surface area contributed by atoms with Crippen LogP contribution in [0.1, 0.15) is 23.9 Å². The third-order valence-corrected chi connectivity index (χ3v) is 2.64. The molecule has 0 spiro atoms. The van der Waals surface area contributed by atoms with Gasteiger partial charge in [-0.25, -0.2) is 4.98 Å². The summed E-state index contributed by atoms with van der Waals surface area (Å²) in [5.74, 6) is 0.692. The molecule has 94 valence electrons. The summed E-state index contributed by atoms with van der Waals surface area (Å²) in [4.78, 5) is 12.5. The number of aromatic nitrogens is 3. The van der Waals surface area contributed by atoms with Gasteiger partial charge in [-0.2, -0.15) is 4.98 Å². The Hall–Kier alpha value is -2.17. The highest BCUT2D eigenvalue weighted by molar-refractivity contribution is 5.28. The van der Waals surface area contributed by atoms with Crippen LogP contribution in [0.3, 0.4) is 0 Å². The first-order valence-electron chi connectivity index (χ1n) is 5.82. The zero-order valence-electron chi connectivity index (χ0n) is 10.6. The highest BCUT2D eigenvalue weighted by Crippen LogP contribution is 2.13. The summed E-state index contributed by atoms with van der Waals surface area (Å²) in [6, 6.07) is 5.85. The van der Waals surface area contributed by atoms with E-state index in [1.54, 1.807) is 13.2 Å². The average molecular weight is 244 g/mol. The molecule has 2 heterocycles. The smallest absolute Gasteiger partial charge is 0.223 e. The third kappa shape index (κ3) is 2.94. The molecule has 5 heteroatoms. The predicted octanol–water partition coefficient (Wildman–Crippen LogP) is 1.62. The van der Waals surface area contributed by atoms with Crippen LogP contribution >= 0.6 is 0 Å². The summed E-state index contributed by atoms with van der Waals surface area (Å²) in [5.41, 5.74) is 8.59. The first-order valence-corrected chi connectivity index (χ1v) is 5.82. The molecule has 0 aliphatic carbocycles. The van der Waals surface area contributed by atoms with Crippen molar-refractivity contribution >= 4 is 5.95 Å². The van der Waals surface area contributed by atoms with Crippen molar-refractivity contribution in [2.24, 2.45) is 0 Å². The number of methoxy groups -OCH3 is 1. The molecule has 0 saturated carbocycles. The van der Waals surface area contributed by atoms with E-state index in [9.17, 15) is 0 Å². The molecule has 0 unspecified atom stereocenters. The molecule has 2 rings (SSSR count). The quantitative estimate of drug-likeness (QED) is 0.884. The molecule has 0 aliphatic rings. The SMILES string of the molecule is CCc1ccc(Cc2cc(OC)nc(N)n2)nc1. The van der Waals surface area contributed by atoms with Gasteiger partial charge < -0.3 is 10.5 Å². The Labute approximate surface area is 106 Å². The molecule has 0 bridgehead atoms. The second-order valence-electron chi connectivity index (χ2n) is 3.95. The molecule has 5 nitrogen and oxygen atoms in total. The lowest BCUT2D eigenvalue weighted by molar-refractivity contribution is 0.397. The van der Waals surface area contributed by atoms with Gasteiger partial charge in [-0.1, -0.05) is 13.0 Å². The Morgan fingerprint density at radius 3 is 2.67 bits per heavy atom. The monoisotopic (exact) mass is 244 g/mol. The average Bonchev–Trinajstić information content (AvgIpc) is 2.39. The molecule has 0 amide bonds. The number of aryl methyl sites for hydroxylation is 1. The number of rotatable bonds is 4. The van der Waals surface area contributed by atoms with Gasteiger partial charge in [-0.3, -0.25) is 4.98 Å². The van der Waals surface area contributed by atoms with Crippen LogP contribution in [0.25, 0.3) is 0 Å². The maximum atomic E-state index is 5.61. The summed E-state index contributed by atoms with van der Waals surface area (Å²) < 4.78 is 5.06. The van der Waals surface area contributed by atoms with E-state index < -0.39 is 0 Å². The Morgan fingerprint density at radius 2 is 2.06 bits per heavy atom. The number of ether oxygens (including phenoxy) is 1. The van der Waals surface area contributed by atoms with Crippen molar-refractivity contribution in [1.82, 2.24) is 15.0 Å². The van der Waals surface area contributed by atoms with Crippen LogP contribution in [0.15, 0.2) is 24.4 Å². The van der Waals surface area contributed by atoms with E-state index in [-0.39, 0.29) is 5.95 Å². The van der Waals surface area contributed by atoms with Gasteiger partial charge in [-0.15, -0.1) is 0 Å². The minimum absolute atomic E-state index is 0.217. The summed E-state index contributed by atoms with van der Waals surface area (Å²) in [7, 11) is 1.56. The highest BCUT2D eigenvalue weighted by Gasteiger charge is 2.04. The lowest BCUT2D eigenvalue weighted by Gasteiger charge is -2.05. The van der Waals surface area contributed by atoms with Crippen LogP contribution in [0.5, 0.6) is 5.88 Å². The number of nitrogen functional groups attached to an aromatic ring is 1. The standard InChI is InChI=1S/C13H16N4O/c1-3-9-4-5-10(15-8-9)6-11-7-12(18-2)17-13(14)16-11/h4-5,7-8H,3,6H2,1-2H3,(H2,14,16,17). The molecule has 2 N–H and O–H groups in total. The number of nitrogens with two attached hydrogens (primary N) is 1. The molecule has 0 aliphatic heterocycles. The van der Waals surface area contributed by atoms with Crippen molar-refractivity contribution in [2.45, 2.75) is 19.8 Å². The topological polar surface area (TPSA) is 73.9 Å². The first kappa shape index (κ1) is 12.3. The van der Waals surface area contributed by atoms with Gasteiger partial charge in [0, 0.05) is 24.4 Å². The molecule has 2 aromatic rings. The number of pyridine rings is 1. The predicted molar refractivity (Wildman–Crippen MR) is 69.4 cm³/mol. The summed E-state index contributed by atoms with van der Waals surface area (Å²) >= 11 is 0. The van der Waals surface area contributed by atoms with Crippen LogP contribution in [-0.4, -0.2) is 22.1 Å². The van der Waals surface area contributed by atoms with Crippen molar-refractivity contribution in [3.8, 4) is 5.88 Å². The Bertz CT molecular complexity index is 525. The zero-order chi connectivity index (χ0) is 13.0. The molecular weight excluding hydrogens is 228 g/mol. The molecule has 18 heavy (non-hydrogen) atoms. The molecule has 0 aromatic carbocycles. The Kier molecular flexibility index (Phi) is 3.72. The molecule has 0 fully saturated rings. The lowest BCUT2D eigenvalue weighted by atomic mass is 10.1. The fourth-order valence-corrected chi connectivity index (χ4v) is 1.64. The fourth-order valence-electron chi connectivity index (χ4n) is 1.64. The second kappa shape index (κ2) is 5.44. The lowest BCUT2D eigenvalue weighted by Crippen LogP contribution is -2.03. The minimum atomic E-state index is 0.217. The third-order valence-electron chi connectivity index (χ3n) is 2.64. The van der Waals surface area contributed by atoms with Crippen molar-refractivity contribution in [3.05, 3.63) is 41.3 Å². The zero-order valence-corrected chi connectivity index (χ0v) is 10.6. The van der Waals surface area contributed by atoms with Crippen molar-refractivity contribution in [2.75, 3.05) is 12.8 Å². The van der Waals surface area contributed by atoms with Crippen LogP contribution in [-0.2, 0) is 12.8 Å². The van der Waals surface area contributed by atoms with Crippen molar-refractivity contribution in [3.63, 3.8) is 0 Å². The number of hydrogen-bond donors (Lipinski definition) is 1.